The molecule has 0 saturated carbocycles. The van der Waals surface area contributed by atoms with Crippen LogP contribution in [0.25, 0.3) is 0 Å². The van der Waals surface area contributed by atoms with E-state index in [9.17, 15) is 0 Å². The lowest BCUT2D eigenvalue weighted by Crippen LogP contribution is -2.06. The van der Waals surface area contributed by atoms with E-state index >= 15 is 0 Å². The lowest BCUT2D eigenvalue weighted by atomic mass is 10.2. The molecule has 0 aliphatic heterocycles. The van der Waals surface area contributed by atoms with Crippen molar-refractivity contribution in [3.05, 3.63) is 69.7 Å². The summed E-state index contributed by atoms with van der Waals surface area (Å²) in [6.07, 6.45) is 1.71. The molecule has 2 aromatic carbocycles. The Morgan fingerprint density at radius 2 is 2.04 bits per heavy atom. The highest BCUT2D eigenvalue weighted by atomic mass is 35.5. The third-order valence-corrected chi connectivity index (χ3v) is 4.03. The molecule has 0 unspecified atom stereocenters. The number of rotatable bonds is 7. The van der Waals surface area contributed by atoms with Crippen molar-refractivity contribution < 1.29 is 9.47 Å². The fourth-order valence-electron chi connectivity index (χ4n) is 2.27. The molecule has 3 aromatic rings. The minimum Gasteiger partial charge on any atom is -0.489 e. The molecule has 8 heteroatoms. The fourth-order valence-corrected chi connectivity index (χ4v) is 2.70. The number of nitrogens with zero attached hydrogens (tertiary/aromatic N) is 3. The Bertz CT molecular complexity index is 983. The highest BCUT2D eigenvalue weighted by Crippen LogP contribution is 2.25. The van der Waals surface area contributed by atoms with Crippen molar-refractivity contribution in [3.8, 4) is 11.5 Å². The van der Waals surface area contributed by atoms with Gasteiger partial charge in [-0.15, -0.1) is 0 Å². The number of H-pyrrole nitrogens is 1. The normalized spacial score (nSPS) is 11.3. The van der Waals surface area contributed by atoms with Crippen molar-refractivity contribution in [1.82, 2.24) is 14.9 Å². The van der Waals surface area contributed by atoms with Gasteiger partial charge >= 0.3 is 0 Å². The molecule has 3 rings (SSSR count). The molecular weight excluding hydrogens is 384 g/mol. The van der Waals surface area contributed by atoms with Crippen LogP contribution in [0.5, 0.6) is 11.5 Å². The number of aromatic amines is 1. The molecule has 0 aliphatic rings. The molecule has 0 atom stereocenters. The first-order chi connectivity index (χ1) is 13.0. The van der Waals surface area contributed by atoms with Crippen molar-refractivity contribution in [1.29, 1.82) is 0 Å². The summed E-state index contributed by atoms with van der Waals surface area (Å²) in [4.78, 5) is 0. The quantitative estimate of drug-likeness (QED) is 0.453. The molecule has 0 fully saturated rings. The SMILES string of the molecule is CC(C)Oc1ccc(/C=N\n2c(COc3ccccc3)n[nH]c2=S)cc1Cl. The Kier molecular flexibility index (Phi) is 6.26. The number of hydrogen-bond acceptors (Lipinski definition) is 5. The summed E-state index contributed by atoms with van der Waals surface area (Å²) in [6.45, 7) is 4.13. The van der Waals surface area contributed by atoms with E-state index in [4.69, 9.17) is 33.3 Å². The van der Waals surface area contributed by atoms with Crippen LogP contribution in [-0.2, 0) is 6.61 Å². The largest absolute Gasteiger partial charge is 0.489 e. The Morgan fingerprint density at radius 1 is 1.26 bits per heavy atom. The van der Waals surface area contributed by atoms with Gasteiger partial charge in [-0.1, -0.05) is 29.8 Å². The zero-order chi connectivity index (χ0) is 19.2. The Morgan fingerprint density at radius 3 is 2.74 bits per heavy atom. The first-order valence-corrected chi connectivity index (χ1v) is 9.16. The van der Waals surface area contributed by atoms with E-state index in [1.807, 2.05) is 56.3 Å². The Labute approximate surface area is 167 Å². The van der Waals surface area contributed by atoms with Gasteiger partial charge in [0.25, 0.3) is 0 Å². The van der Waals surface area contributed by atoms with Crippen molar-refractivity contribution in [2.75, 3.05) is 0 Å². The van der Waals surface area contributed by atoms with Crippen LogP contribution in [0, 0.1) is 4.77 Å². The van der Waals surface area contributed by atoms with Gasteiger partial charge in [0, 0.05) is 0 Å². The van der Waals surface area contributed by atoms with Crippen LogP contribution in [0.3, 0.4) is 0 Å². The highest BCUT2D eigenvalue weighted by molar-refractivity contribution is 7.71. The first kappa shape index (κ1) is 19.1. The lowest BCUT2D eigenvalue weighted by molar-refractivity contribution is 0.242. The number of halogens is 1. The van der Waals surface area contributed by atoms with Crippen LogP contribution < -0.4 is 9.47 Å². The zero-order valence-electron chi connectivity index (χ0n) is 14.9. The zero-order valence-corrected chi connectivity index (χ0v) is 16.5. The van der Waals surface area contributed by atoms with Crippen LogP contribution in [-0.4, -0.2) is 27.2 Å². The molecule has 1 heterocycles. The predicted octanol–water partition coefficient (Wildman–Crippen LogP) is 4.84. The number of para-hydroxylation sites is 1. The van der Waals surface area contributed by atoms with Gasteiger partial charge in [0.15, 0.2) is 5.82 Å². The van der Waals surface area contributed by atoms with E-state index in [0.717, 1.165) is 11.3 Å². The molecule has 27 heavy (non-hydrogen) atoms. The monoisotopic (exact) mass is 402 g/mol. The number of ether oxygens (including phenoxy) is 2. The summed E-state index contributed by atoms with van der Waals surface area (Å²) in [6, 6.07) is 15.0. The Hall–Kier alpha value is -2.64. The molecule has 140 valence electrons. The standard InChI is InChI=1S/C19H19ClN4O2S/c1-13(2)26-17-9-8-14(10-16(17)20)11-21-24-18(22-23-19(24)27)12-25-15-6-4-3-5-7-15/h3-11,13H,12H2,1-2H3,(H,23,27)/b21-11-. The van der Waals surface area contributed by atoms with Crippen molar-refractivity contribution in [3.63, 3.8) is 0 Å². The molecule has 0 spiro atoms. The maximum absolute atomic E-state index is 6.26. The molecule has 1 aromatic heterocycles. The van der Waals surface area contributed by atoms with Gasteiger partial charge in [0.05, 0.1) is 17.3 Å². The van der Waals surface area contributed by atoms with E-state index < -0.39 is 0 Å². The van der Waals surface area contributed by atoms with Crippen LogP contribution >= 0.6 is 23.8 Å². The summed E-state index contributed by atoms with van der Waals surface area (Å²) in [5.74, 6) is 1.95. The highest BCUT2D eigenvalue weighted by Gasteiger charge is 2.07. The average molecular weight is 403 g/mol. The Balaban J connectivity index is 1.74. The maximum atomic E-state index is 6.26. The fraction of sp³-hybridized carbons (Fsp3) is 0.211. The van der Waals surface area contributed by atoms with E-state index in [1.54, 1.807) is 12.3 Å². The van der Waals surface area contributed by atoms with E-state index in [1.165, 1.54) is 4.68 Å². The first-order valence-electron chi connectivity index (χ1n) is 8.37. The van der Waals surface area contributed by atoms with E-state index in [2.05, 4.69) is 15.3 Å². The van der Waals surface area contributed by atoms with E-state index in [0.29, 0.717) is 21.4 Å². The molecule has 6 nitrogen and oxygen atoms in total. The van der Waals surface area contributed by atoms with Gasteiger partial charge < -0.3 is 9.47 Å². The summed E-state index contributed by atoms with van der Waals surface area (Å²) >= 11 is 11.5. The molecule has 0 bridgehead atoms. The third kappa shape index (κ3) is 5.18. The molecular formula is C19H19ClN4O2S. The number of aromatic nitrogens is 3. The van der Waals surface area contributed by atoms with Crippen molar-refractivity contribution in [2.45, 2.75) is 26.6 Å². The maximum Gasteiger partial charge on any atom is 0.216 e. The second kappa shape index (κ2) is 8.83. The van der Waals surface area contributed by atoms with Crippen LogP contribution in [0.4, 0.5) is 0 Å². The molecule has 0 amide bonds. The van der Waals surface area contributed by atoms with E-state index in [-0.39, 0.29) is 12.7 Å². The van der Waals surface area contributed by atoms with Gasteiger partial charge in [0.1, 0.15) is 18.1 Å². The van der Waals surface area contributed by atoms with Gasteiger partial charge in [-0.3, -0.25) is 0 Å². The summed E-state index contributed by atoms with van der Waals surface area (Å²) < 4.78 is 13.2. The summed E-state index contributed by atoms with van der Waals surface area (Å²) in [7, 11) is 0. The molecule has 0 aliphatic carbocycles. The molecule has 0 saturated heterocycles. The van der Waals surface area contributed by atoms with Crippen LogP contribution in [0.1, 0.15) is 25.2 Å². The summed E-state index contributed by atoms with van der Waals surface area (Å²) in [5, 5.41) is 11.8. The number of benzene rings is 2. The predicted molar refractivity (Wildman–Crippen MR) is 108 cm³/mol. The minimum atomic E-state index is 0.0541. The van der Waals surface area contributed by atoms with Crippen molar-refractivity contribution >= 4 is 30.0 Å². The van der Waals surface area contributed by atoms with Gasteiger partial charge in [0.2, 0.25) is 4.77 Å². The number of hydrogen-bond donors (Lipinski definition) is 1. The lowest BCUT2D eigenvalue weighted by Gasteiger charge is -2.11. The molecule has 1 N–H and O–H groups in total. The van der Waals surface area contributed by atoms with Gasteiger partial charge in [-0.2, -0.15) is 14.9 Å². The van der Waals surface area contributed by atoms with Gasteiger partial charge in [-0.05, 0) is 62.0 Å². The second-order valence-corrected chi connectivity index (χ2v) is 6.75. The molecule has 0 radical (unpaired) electrons. The van der Waals surface area contributed by atoms with Crippen LogP contribution in [0.2, 0.25) is 5.02 Å². The average Bonchev–Trinajstić information content (AvgIpc) is 3.00. The second-order valence-electron chi connectivity index (χ2n) is 5.96. The summed E-state index contributed by atoms with van der Waals surface area (Å²) in [5.41, 5.74) is 0.814. The number of nitrogens with one attached hydrogen (secondary N) is 1. The topological polar surface area (TPSA) is 64.4 Å². The van der Waals surface area contributed by atoms with Crippen molar-refractivity contribution in [2.24, 2.45) is 5.10 Å². The van der Waals surface area contributed by atoms with Crippen LogP contribution in [0.15, 0.2) is 53.6 Å². The smallest absolute Gasteiger partial charge is 0.216 e. The third-order valence-electron chi connectivity index (χ3n) is 3.47. The minimum absolute atomic E-state index is 0.0541. The van der Waals surface area contributed by atoms with Gasteiger partial charge in [-0.25, -0.2) is 5.10 Å².